The molecule has 1 aromatic carbocycles. The largest absolute Gasteiger partial charge is 0.483 e. The summed E-state index contributed by atoms with van der Waals surface area (Å²) in [4.78, 5) is 4.26. The molecular formula is C16H23N3O2. The van der Waals surface area contributed by atoms with Gasteiger partial charge in [-0.1, -0.05) is 44.1 Å². The van der Waals surface area contributed by atoms with Gasteiger partial charge >= 0.3 is 0 Å². The Morgan fingerprint density at radius 1 is 1.14 bits per heavy atom. The summed E-state index contributed by atoms with van der Waals surface area (Å²) in [5, 5.41) is 3.88. The number of benzene rings is 1. The van der Waals surface area contributed by atoms with E-state index in [0.717, 1.165) is 11.3 Å². The first-order chi connectivity index (χ1) is 9.68. The Balaban J connectivity index is 2.12. The quantitative estimate of drug-likeness (QED) is 0.936. The second-order valence-electron chi connectivity index (χ2n) is 6.77. The number of nitrogens with two attached hydrogens (primary N) is 1. The average Bonchev–Trinajstić information content (AvgIpc) is 2.84. The van der Waals surface area contributed by atoms with E-state index in [-0.39, 0.29) is 12.0 Å². The third-order valence-electron chi connectivity index (χ3n) is 3.09. The van der Waals surface area contributed by atoms with E-state index in [0.29, 0.717) is 11.7 Å². The second-order valence-corrected chi connectivity index (χ2v) is 6.77. The molecule has 0 bridgehead atoms. The zero-order chi connectivity index (χ0) is 15.7. The van der Waals surface area contributed by atoms with Crippen LogP contribution in [0.2, 0.25) is 0 Å². The van der Waals surface area contributed by atoms with Crippen LogP contribution in [0, 0.1) is 0 Å². The molecule has 1 heterocycles. The standard InChI is InChI=1S/C16H23N3O2/c1-15(2,3)11-8-6-7-9-12(11)20-10-13-18-14(19-21-13)16(4,5)17/h6-9H,10,17H2,1-5H3. The molecule has 0 unspecified atom stereocenters. The number of hydrogen-bond acceptors (Lipinski definition) is 5. The maximum absolute atomic E-state index is 5.93. The third-order valence-corrected chi connectivity index (χ3v) is 3.09. The molecule has 5 heteroatoms. The molecule has 0 amide bonds. The van der Waals surface area contributed by atoms with Crippen molar-refractivity contribution in [3.05, 3.63) is 41.5 Å². The summed E-state index contributed by atoms with van der Waals surface area (Å²) in [6.07, 6.45) is 0. The molecule has 114 valence electrons. The average molecular weight is 289 g/mol. The van der Waals surface area contributed by atoms with Gasteiger partial charge < -0.3 is 15.0 Å². The van der Waals surface area contributed by atoms with Gasteiger partial charge in [-0.15, -0.1) is 0 Å². The molecule has 0 fully saturated rings. The molecule has 5 nitrogen and oxygen atoms in total. The van der Waals surface area contributed by atoms with Crippen molar-refractivity contribution in [3.63, 3.8) is 0 Å². The van der Waals surface area contributed by atoms with E-state index in [4.69, 9.17) is 15.0 Å². The molecule has 2 N–H and O–H groups in total. The smallest absolute Gasteiger partial charge is 0.264 e. The summed E-state index contributed by atoms with van der Waals surface area (Å²) >= 11 is 0. The first-order valence-corrected chi connectivity index (χ1v) is 7.02. The van der Waals surface area contributed by atoms with Crippen molar-refractivity contribution >= 4 is 0 Å². The van der Waals surface area contributed by atoms with Crippen molar-refractivity contribution in [2.24, 2.45) is 5.73 Å². The van der Waals surface area contributed by atoms with Crippen molar-refractivity contribution in [1.29, 1.82) is 0 Å². The first kappa shape index (κ1) is 15.5. The zero-order valence-electron chi connectivity index (χ0n) is 13.3. The summed E-state index contributed by atoms with van der Waals surface area (Å²) in [6, 6.07) is 7.98. The fraction of sp³-hybridized carbons (Fsp3) is 0.500. The van der Waals surface area contributed by atoms with Crippen molar-refractivity contribution < 1.29 is 9.26 Å². The van der Waals surface area contributed by atoms with Crippen LogP contribution in [0.1, 0.15) is 51.9 Å². The third kappa shape index (κ3) is 3.82. The molecule has 0 saturated carbocycles. The van der Waals surface area contributed by atoms with E-state index in [1.54, 1.807) is 0 Å². The van der Waals surface area contributed by atoms with E-state index >= 15 is 0 Å². The minimum atomic E-state index is -0.620. The van der Waals surface area contributed by atoms with Gasteiger partial charge in [0, 0.05) is 0 Å². The summed E-state index contributed by atoms with van der Waals surface area (Å²) in [5.41, 5.74) is 6.47. The van der Waals surface area contributed by atoms with Crippen molar-refractivity contribution in [2.45, 2.75) is 52.2 Å². The van der Waals surface area contributed by atoms with Crippen LogP contribution >= 0.6 is 0 Å². The van der Waals surface area contributed by atoms with Gasteiger partial charge in [-0.2, -0.15) is 4.98 Å². The summed E-state index contributed by atoms with van der Waals surface area (Å²) in [5.74, 6) is 1.73. The highest BCUT2D eigenvalue weighted by Gasteiger charge is 2.22. The van der Waals surface area contributed by atoms with Crippen molar-refractivity contribution in [3.8, 4) is 5.75 Å². The second kappa shape index (κ2) is 5.48. The van der Waals surface area contributed by atoms with Crippen LogP contribution in [0.3, 0.4) is 0 Å². The van der Waals surface area contributed by atoms with Gasteiger partial charge in [0.15, 0.2) is 12.4 Å². The van der Waals surface area contributed by atoms with E-state index in [2.05, 4.69) is 37.0 Å². The summed E-state index contributed by atoms with van der Waals surface area (Å²) in [6.45, 7) is 10.3. The van der Waals surface area contributed by atoms with Gasteiger partial charge in [0.05, 0.1) is 5.54 Å². The topological polar surface area (TPSA) is 74.2 Å². The number of rotatable bonds is 4. The minimum absolute atomic E-state index is 0.00977. The van der Waals surface area contributed by atoms with Crippen LogP contribution in [0.25, 0.3) is 0 Å². The van der Waals surface area contributed by atoms with Crippen molar-refractivity contribution in [1.82, 2.24) is 10.1 Å². The first-order valence-electron chi connectivity index (χ1n) is 7.02. The molecule has 0 saturated heterocycles. The fourth-order valence-electron chi connectivity index (χ4n) is 1.93. The molecular weight excluding hydrogens is 266 g/mol. The van der Waals surface area contributed by atoms with Crippen LogP contribution < -0.4 is 10.5 Å². The van der Waals surface area contributed by atoms with E-state index in [9.17, 15) is 0 Å². The SMILES string of the molecule is CC(C)(C)c1ccccc1OCc1nc(C(C)(C)N)no1. The predicted octanol–water partition coefficient (Wildman–Crippen LogP) is 3.14. The van der Waals surface area contributed by atoms with Gasteiger partial charge in [0.2, 0.25) is 0 Å². The highest BCUT2D eigenvalue weighted by atomic mass is 16.5. The van der Waals surface area contributed by atoms with Gasteiger partial charge in [-0.05, 0) is 30.9 Å². The van der Waals surface area contributed by atoms with E-state index in [1.165, 1.54) is 0 Å². The van der Waals surface area contributed by atoms with Crippen LogP contribution in [0.15, 0.2) is 28.8 Å². The number of para-hydroxylation sites is 1. The van der Waals surface area contributed by atoms with Gasteiger partial charge in [0.1, 0.15) is 5.75 Å². The van der Waals surface area contributed by atoms with Gasteiger partial charge in [-0.25, -0.2) is 0 Å². The lowest BCUT2D eigenvalue weighted by molar-refractivity contribution is 0.237. The molecule has 0 atom stereocenters. The van der Waals surface area contributed by atoms with Crippen LogP contribution in [0.5, 0.6) is 5.75 Å². The molecule has 0 radical (unpaired) electrons. The Hall–Kier alpha value is -1.88. The van der Waals surface area contributed by atoms with Gasteiger partial charge in [-0.3, -0.25) is 0 Å². The van der Waals surface area contributed by atoms with Crippen molar-refractivity contribution in [2.75, 3.05) is 0 Å². The number of nitrogens with zero attached hydrogens (tertiary/aromatic N) is 2. The van der Waals surface area contributed by atoms with Crippen LogP contribution in [0.4, 0.5) is 0 Å². The normalized spacial score (nSPS) is 12.5. The predicted molar refractivity (Wildman–Crippen MR) is 81.0 cm³/mol. The van der Waals surface area contributed by atoms with Crippen LogP contribution in [-0.4, -0.2) is 10.1 Å². The molecule has 0 aliphatic rings. The minimum Gasteiger partial charge on any atom is -0.483 e. The monoisotopic (exact) mass is 289 g/mol. The number of ether oxygens (including phenoxy) is 1. The summed E-state index contributed by atoms with van der Waals surface area (Å²) in [7, 11) is 0. The highest BCUT2D eigenvalue weighted by Crippen LogP contribution is 2.31. The lowest BCUT2D eigenvalue weighted by Gasteiger charge is -2.22. The highest BCUT2D eigenvalue weighted by molar-refractivity contribution is 5.38. The van der Waals surface area contributed by atoms with Crippen LogP contribution in [-0.2, 0) is 17.6 Å². The fourth-order valence-corrected chi connectivity index (χ4v) is 1.93. The lowest BCUT2D eigenvalue weighted by atomic mass is 9.86. The zero-order valence-corrected chi connectivity index (χ0v) is 13.3. The number of hydrogen-bond donors (Lipinski definition) is 1. The lowest BCUT2D eigenvalue weighted by Crippen LogP contribution is -2.30. The molecule has 1 aromatic heterocycles. The Morgan fingerprint density at radius 3 is 2.38 bits per heavy atom. The Morgan fingerprint density at radius 2 is 1.81 bits per heavy atom. The van der Waals surface area contributed by atoms with Gasteiger partial charge in [0.25, 0.3) is 5.89 Å². The Labute approximate surface area is 125 Å². The molecule has 2 aromatic rings. The molecule has 2 rings (SSSR count). The van der Waals surface area contributed by atoms with E-state index in [1.807, 2.05) is 32.0 Å². The molecule has 0 spiro atoms. The molecule has 0 aliphatic carbocycles. The maximum atomic E-state index is 5.93. The molecule has 21 heavy (non-hydrogen) atoms. The Bertz CT molecular complexity index is 606. The van der Waals surface area contributed by atoms with E-state index < -0.39 is 5.54 Å². The number of aromatic nitrogens is 2. The summed E-state index contributed by atoms with van der Waals surface area (Å²) < 4.78 is 11.0. The maximum Gasteiger partial charge on any atom is 0.264 e. The Kier molecular flexibility index (Phi) is 4.05. The molecule has 0 aliphatic heterocycles.